The van der Waals surface area contributed by atoms with Crippen LogP contribution in [0.1, 0.15) is 87.6 Å². The van der Waals surface area contributed by atoms with Gasteiger partial charge in [0.1, 0.15) is 23.9 Å². The van der Waals surface area contributed by atoms with E-state index in [1.165, 1.54) is 9.80 Å². The first-order chi connectivity index (χ1) is 24.5. The first kappa shape index (κ1) is 39.3. The van der Waals surface area contributed by atoms with Gasteiger partial charge in [0.25, 0.3) is 5.91 Å². The van der Waals surface area contributed by atoms with Crippen LogP contribution in [0.2, 0.25) is 0 Å². The monoisotopic (exact) mass is 706 g/mol. The van der Waals surface area contributed by atoms with E-state index in [1.807, 2.05) is 44.2 Å². The van der Waals surface area contributed by atoms with Crippen molar-refractivity contribution in [2.24, 2.45) is 5.92 Å². The maximum atomic E-state index is 14.2. The summed E-state index contributed by atoms with van der Waals surface area (Å²) in [7, 11) is 1.57. The number of amides is 4. The maximum absolute atomic E-state index is 14.2. The summed E-state index contributed by atoms with van der Waals surface area (Å²) in [5.41, 5.74) is 1.02. The second kappa shape index (κ2) is 19.8. The zero-order valence-electron chi connectivity index (χ0n) is 30.2. The fourth-order valence-electron chi connectivity index (χ4n) is 6.64. The lowest BCUT2D eigenvalue weighted by Crippen LogP contribution is -2.57. The number of cyclic esters (lactones) is 1. The van der Waals surface area contributed by atoms with Crippen molar-refractivity contribution >= 4 is 29.6 Å². The Morgan fingerprint density at radius 3 is 2.24 bits per heavy atom. The van der Waals surface area contributed by atoms with E-state index < -0.39 is 47.9 Å². The van der Waals surface area contributed by atoms with E-state index in [9.17, 15) is 29.1 Å². The van der Waals surface area contributed by atoms with Crippen molar-refractivity contribution < 1.29 is 38.6 Å². The predicted molar refractivity (Wildman–Crippen MR) is 192 cm³/mol. The van der Waals surface area contributed by atoms with Gasteiger partial charge in [-0.05, 0) is 42.9 Å². The van der Waals surface area contributed by atoms with Gasteiger partial charge in [-0.3, -0.25) is 19.2 Å². The molecule has 0 unspecified atom stereocenters. The molecule has 51 heavy (non-hydrogen) atoms. The van der Waals surface area contributed by atoms with Gasteiger partial charge in [-0.25, -0.2) is 4.79 Å². The predicted octanol–water partition coefficient (Wildman–Crippen LogP) is 3.65. The van der Waals surface area contributed by atoms with Gasteiger partial charge in [0.2, 0.25) is 17.7 Å². The third-order valence-corrected chi connectivity index (χ3v) is 9.41. The van der Waals surface area contributed by atoms with Crippen LogP contribution in [0.25, 0.3) is 0 Å². The van der Waals surface area contributed by atoms with Gasteiger partial charge in [0, 0.05) is 33.0 Å². The summed E-state index contributed by atoms with van der Waals surface area (Å²) in [4.78, 5) is 70.9. The lowest BCUT2D eigenvalue weighted by Gasteiger charge is -2.34. The quantitative estimate of drug-likeness (QED) is 0.408. The lowest BCUT2D eigenvalue weighted by molar-refractivity contribution is -0.147. The first-order valence-electron chi connectivity index (χ1n) is 18.3. The third kappa shape index (κ3) is 11.8. The smallest absolute Gasteiger partial charge is 0.344 e. The highest BCUT2D eigenvalue weighted by molar-refractivity contribution is 6.00. The number of aliphatic hydroxyl groups is 1. The second-order valence-corrected chi connectivity index (χ2v) is 14.0. The molecule has 0 radical (unpaired) electrons. The summed E-state index contributed by atoms with van der Waals surface area (Å²) >= 11 is 0. The zero-order valence-corrected chi connectivity index (χ0v) is 30.2. The van der Waals surface area contributed by atoms with Crippen molar-refractivity contribution in [3.8, 4) is 5.75 Å². The normalized spacial score (nSPS) is 24.2. The number of rotatable bonds is 4. The molecule has 3 N–H and O–H groups in total. The Morgan fingerprint density at radius 1 is 0.843 bits per heavy atom. The Bertz CT molecular complexity index is 1470. The first-order valence-corrected chi connectivity index (χ1v) is 18.3. The van der Waals surface area contributed by atoms with Gasteiger partial charge in [-0.15, -0.1) is 0 Å². The average molecular weight is 707 g/mol. The lowest BCUT2D eigenvalue weighted by atomic mass is 10.0. The van der Waals surface area contributed by atoms with Crippen LogP contribution in [-0.4, -0.2) is 102 Å². The number of nitrogens with one attached hydrogen (secondary N) is 2. The van der Waals surface area contributed by atoms with Crippen molar-refractivity contribution in [3.63, 3.8) is 0 Å². The highest BCUT2D eigenvalue weighted by Gasteiger charge is 2.44. The summed E-state index contributed by atoms with van der Waals surface area (Å²) in [6, 6.07) is 13.0. The number of ether oxygens (including phenoxy) is 2. The van der Waals surface area contributed by atoms with E-state index in [2.05, 4.69) is 10.6 Å². The molecule has 12 heteroatoms. The Labute approximate surface area is 301 Å². The average Bonchev–Trinajstić information content (AvgIpc) is 3.51. The highest BCUT2D eigenvalue weighted by atomic mass is 16.6. The molecule has 1 fully saturated rings. The molecule has 0 spiro atoms. The molecule has 0 bridgehead atoms. The molecule has 4 rings (SSSR count). The fourth-order valence-corrected chi connectivity index (χ4v) is 6.64. The summed E-state index contributed by atoms with van der Waals surface area (Å²) in [6.45, 7) is 4.12. The zero-order chi connectivity index (χ0) is 36.8. The molecule has 0 aromatic heterocycles. The summed E-state index contributed by atoms with van der Waals surface area (Å²) in [5.74, 6) is -2.22. The molecule has 278 valence electrons. The van der Waals surface area contributed by atoms with Crippen molar-refractivity contribution in [1.29, 1.82) is 0 Å². The minimum Gasteiger partial charge on any atom is -0.481 e. The van der Waals surface area contributed by atoms with Gasteiger partial charge in [-0.2, -0.15) is 0 Å². The van der Waals surface area contributed by atoms with Crippen molar-refractivity contribution in [3.05, 3.63) is 65.7 Å². The standard InChI is InChI=1S/C39H54N4O8/c1-27(2)22-31-38(48)43-25-29(44)24-33(43)39(49)42(3)32(23-28-16-10-9-11-17-28)37(47)40-20-14-7-5-4-6-8-15-21-50-35(45)26-51-34-19-13-12-18-30(34)36(46)41-31/h9-13,16-19,27,29,31-33,44H,4-8,14-15,20-26H2,1-3H3,(H,40,47)(H,41,46)/t29-,31+,32-,33+/m0/s1. The van der Waals surface area contributed by atoms with E-state index in [1.54, 1.807) is 31.3 Å². The molecule has 2 aliphatic rings. The number of aliphatic hydroxyl groups excluding tert-OH is 1. The van der Waals surface area contributed by atoms with Crippen LogP contribution in [0.3, 0.4) is 0 Å². The minimum atomic E-state index is -1.03. The van der Waals surface area contributed by atoms with E-state index in [4.69, 9.17) is 9.47 Å². The molecule has 2 aromatic rings. The third-order valence-electron chi connectivity index (χ3n) is 9.41. The van der Waals surface area contributed by atoms with Gasteiger partial charge in [0.15, 0.2) is 6.61 Å². The molecular formula is C39H54N4O8. The number of esters is 1. The van der Waals surface area contributed by atoms with Crippen LogP contribution in [0.5, 0.6) is 5.75 Å². The molecule has 12 nitrogen and oxygen atoms in total. The molecule has 2 aromatic carbocycles. The number of hydrogen-bond donors (Lipinski definition) is 3. The summed E-state index contributed by atoms with van der Waals surface area (Å²) < 4.78 is 11.0. The topological polar surface area (TPSA) is 155 Å². The Hall–Kier alpha value is -4.45. The van der Waals surface area contributed by atoms with Gasteiger partial charge in [-0.1, -0.05) is 88.4 Å². The highest BCUT2D eigenvalue weighted by Crippen LogP contribution is 2.25. The van der Waals surface area contributed by atoms with Crippen LogP contribution < -0.4 is 15.4 Å². The van der Waals surface area contributed by atoms with E-state index in [0.717, 1.165) is 50.5 Å². The number of carbonyl (C=O) groups is 5. The number of para-hydroxylation sites is 1. The second-order valence-electron chi connectivity index (χ2n) is 14.0. The molecule has 4 amide bonds. The SMILES string of the molecule is CC(C)C[C@H]1NC(=O)c2ccccc2OCC(=O)OCCCCCCCCCNC(=O)[C@H](Cc2ccccc2)N(C)C(=O)[C@H]2C[C@H](O)CN2C1=O. The Balaban J connectivity index is 1.60. The molecule has 0 saturated carbocycles. The van der Waals surface area contributed by atoms with Crippen LogP contribution in [0.15, 0.2) is 54.6 Å². The van der Waals surface area contributed by atoms with Gasteiger partial charge >= 0.3 is 5.97 Å². The van der Waals surface area contributed by atoms with Crippen LogP contribution in [-0.2, 0) is 30.3 Å². The summed E-state index contributed by atoms with van der Waals surface area (Å²) in [6.07, 6.45) is 6.01. The van der Waals surface area contributed by atoms with E-state index in [-0.39, 0.29) is 62.2 Å². The van der Waals surface area contributed by atoms with Crippen molar-refractivity contribution in [2.45, 2.75) is 102 Å². The largest absolute Gasteiger partial charge is 0.481 e. The van der Waals surface area contributed by atoms with Crippen LogP contribution in [0, 0.1) is 5.92 Å². The number of carbonyl (C=O) groups excluding carboxylic acids is 5. The van der Waals surface area contributed by atoms with Crippen molar-refractivity contribution in [2.75, 3.05) is 33.4 Å². The van der Waals surface area contributed by atoms with Crippen LogP contribution in [0.4, 0.5) is 0 Å². The van der Waals surface area contributed by atoms with E-state index in [0.29, 0.717) is 6.54 Å². The van der Waals surface area contributed by atoms with Gasteiger partial charge < -0.3 is 35.0 Å². The molecular weight excluding hydrogens is 652 g/mol. The Kier molecular flexibility index (Phi) is 15.3. The maximum Gasteiger partial charge on any atom is 0.344 e. The molecule has 4 atom stereocenters. The number of fused-ring (bicyclic) bond motifs is 2. The molecule has 2 aliphatic heterocycles. The van der Waals surface area contributed by atoms with E-state index >= 15 is 0 Å². The number of benzene rings is 2. The number of nitrogens with zero attached hydrogens (tertiary/aromatic N) is 2. The fraction of sp³-hybridized carbons (Fsp3) is 0.564. The Morgan fingerprint density at radius 2 is 1.51 bits per heavy atom. The molecule has 0 aliphatic carbocycles. The van der Waals surface area contributed by atoms with Gasteiger partial charge in [0.05, 0.1) is 18.3 Å². The van der Waals surface area contributed by atoms with Crippen LogP contribution >= 0.6 is 0 Å². The minimum absolute atomic E-state index is 0.00368. The number of hydrogen-bond acceptors (Lipinski definition) is 8. The number of likely N-dealkylation sites (N-methyl/N-ethyl adjacent to an activating group) is 1. The molecule has 2 heterocycles. The molecule has 1 saturated heterocycles. The van der Waals surface area contributed by atoms with Crippen molar-refractivity contribution in [1.82, 2.24) is 20.4 Å². The summed E-state index contributed by atoms with van der Waals surface area (Å²) in [5, 5.41) is 16.6.